The first-order chi connectivity index (χ1) is 7.83. The smallest absolute Gasteiger partial charge is 0.0745 e. The molecule has 2 heteroatoms. The predicted molar refractivity (Wildman–Crippen MR) is 67.1 cm³/mol. The minimum Gasteiger partial charge on any atom is -0.397 e. The molecule has 1 unspecified atom stereocenters. The first-order valence-corrected chi connectivity index (χ1v) is 5.21. The number of aromatic nitrogens is 1. The van der Waals surface area contributed by atoms with Gasteiger partial charge in [-0.1, -0.05) is 36.4 Å². The SMILES string of the molecule is C=CC(c1ccccc1)c1ncccc1N. The molecule has 0 amide bonds. The monoisotopic (exact) mass is 210 g/mol. The lowest BCUT2D eigenvalue weighted by Gasteiger charge is -2.14. The number of anilines is 1. The van der Waals surface area contributed by atoms with Gasteiger partial charge < -0.3 is 5.73 Å². The number of hydrogen-bond donors (Lipinski definition) is 1. The van der Waals surface area contributed by atoms with E-state index in [0.29, 0.717) is 5.69 Å². The standard InChI is InChI=1S/C14H14N2/c1-2-12(11-7-4-3-5-8-11)14-13(15)9-6-10-16-14/h2-10,12H,1,15H2. The van der Waals surface area contributed by atoms with Crippen LogP contribution in [-0.2, 0) is 0 Å². The summed E-state index contributed by atoms with van der Waals surface area (Å²) in [5, 5.41) is 0. The van der Waals surface area contributed by atoms with Crippen LogP contribution in [0, 0.1) is 0 Å². The Morgan fingerprint density at radius 3 is 2.50 bits per heavy atom. The van der Waals surface area contributed by atoms with E-state index in [1.807, 2.05) is 36.4 Å². The van der Waals surface area contributed by atoms with E-state index in [9.17, 15) is 0 Å². The quantitative estimate of drug-likeness (QED) is 0.791. The first-order valence-electron chi connectivity index (χ1n) is 5.21. The summed E-state index contributed by atoms with van der Waals surface area (Å²) in [4.78, 5) is 4.33. The molecule has 0 aliphatic carbocycles. The zero-order valence-electron chi connectivity index (χ0n) is 9.01. The Morgan fingerprint density at radius 2 is 1.88 bits per heavy atom. The highest BCUT2D eigenvalue weighted by Crippen LogP contribution is 2.27. The summed E-state index contributed by atoms with van der Waals surface area (Å²) < 4.78 is 0. The van der Waals surface area contributed by atoms with Gasteiger partial charge in [-0.25, -0.2) is 0 Å². The van der Waals surface area contributed by atoms with Crippen LogP contribution < -0.4 is 5.73 Å². The van der Waals surface area contributed by atoms with E-state index in [-0.39, 0.29) is 5.92 Å². The van der Waals surface area contributed by atoms with Crippen LogP contribution >= 0.6 is 0 Å². The normalized spacial score (nSPS) is 12.0. The largest absolute Gasteiger partial charge is 0.397 e. The number of nitrogen functional groups attached to an aromatic ring is 1. The van der Waals surface area contributed by atoms with Crippen molar-refractivity contribution in [3.8, 4) is 0 Å². The van der Waals surface area contributed by atoms with Gasteiger partial charge in [0.05, 0.1) is 11.4 Å². The molecule has 0 spiro atoms. The maximum absolute atomic E-state index is 5.92. The molecule has 2 N–H and O–H groups in total. The predicted octanol–water partition coefficient (Wildman–Crippen LogP) is 2.98. The number of hydrogen-bond acceptors (Lipinski definition) is 2. The van der Waals surface area contributed by atoms with Crippen molar-refractivity contribution in [2.75, 3.05) is 5.73 Å². The molecule has 80 valence electrons. The van der Waals surface area contributed by atoms with Crippen molar-refractivity contribution < 1.29 is 0 Å². The summed E-state index contributed by atoms with van der Waals surface area (Å²) in [5.74, 6) is 0.0578. The highest BCUT2D eigenvalue weighted by atomic mass is 14.7. The maximum atomic E-state index is 5.92. The van der Waals surface area contributed by atoms with Gasteiger partial charge in [0.1, 0.15) is 0 Å². The Morgan fingerprint density at radius 1 is 1.12 bits per heavy atom. The van der Waals surface area contributed by atoms with Gasteiger partial charge in [0.25, 0.3) is 0 Å². The van der Waals surface area contributed by atoms with E-state index in [1.165, 1.54) is 0 Å². The van der Waals surface area contributed by atoms with Crippen molar-refractivity contribution in [1.29, 1.82) is 0 Å². The van der Waals surface area contributed by atoms with Crippen LogP contribution in [0.15, 0.2) is 61.3 Å². The summed E-state index contributed by atoms with van der Waals surface area (Å²) in [6.45, 7) is 3.86. The summed E-state index contributed by atoms with van der Waals surface area (Å²) in [6.07, 6.45) is 3.62. The van der Waals surface area contributed by atoms with Crippen LogP contribution in [0.1, 0.15) is 17.2 Å². The Kier molecular flexibility index (Phi) is 3.01. The van der Waals surface area contributed by atoms with Crippen LogP contribution in [0.5, 0.6) is 0 Å². The van der Waals surface area contributed by atoms with Crippen molar-refractivity contribution >= 4 is 5.69 Å². The molecule has 0 aliphatic rings. The van der Waals surface area contributed by atoms with Crippen molar-refractivity contribution in [2.24, 2.45) is 0 Å². The molecule has 0 radical (unpaired) electrons. The van der Waals surface area contributed by atoms with Crippen molar-refractivity contribution in [3.63, 3.8) is 0 Å². The molecule has 16 heavy (non-hydrogen) atoms. The number of benzene rings is 1. The Balaban J connectivity index is 2.45. The van der Waals surface area contributed by atoms with Crippen LogP contribution in [-0.4, -0.2) is 4.98 Å². The second-order valence-electron chi connectivity index (χ2n) is 3.60. The van der Waals surface area contributed by atoms with E-state index in [2.05, 4.69) is 23.7 Å². The molecule has 2 nitrogen and oxygen atoms in total. The van der Waals surface area contributed by atoms with E-state index >= 15 is 0 Å². The number of pyridine rings is 1. The molecule has 1 heterocycles. The summed E-state index contributed by atoms with van der Waals surface area (Å²) >= 11 is 0. The van der Waals surface area contributed by atoms with E-state index in [1.54, 1.807) is 6.20 Å². The van der Waals surface area contributed by atoms with Crippen LogP contribution in [0.25, 0.3) is 0 Å². The van der Waals surface area contributed by atoms with E-state index < -0.39 is 0 Å². The maximum Gasteiger partial charge on any atom is 0.0745 e. The number of nitrogens with zero attached hydrogens (tertiary/aromatic N) is 1. The van der Waals surface area contributed by atoms with Gasteiger partial charge in [-0.3, -0.25) is 4.98 Å². The van der Waals surface area contributed by atoms with Gasteiger partial charge in [0.2, 0.25) is 0 Å². The fourth-order valence-corrected chi connectivity index (χ4v) is 1.76. The lowest BCUT2D eigenvalue weighted by atomic mass is 9.94. The van der Waals surface area contributed by atoms with Crippen molar-refractivity contribution in [1.82, 2.24) is 4.98 Å². The lowest BCUT2D eigenvalue weighted by molar-refractivity contribution is 0.962. The Bertz CT molecular complexity index is 477. The number of allylic oxidation sites excluding steroid dienone is 1. The number of rotatable bonds is 3. The topological polar surface area (TPSA) is 38.9 Å². The molecule has 2 aromatic rings. The minimum atomic E-state index is 0.0578. The fraction of sp³-hybridized carbons (Fsp3) is 0.0714. The van der Waals surface area contributed by atoms with Crippen molar-refractivity contribution in [3.05, 3.63) is 72.6 Å². The Hall–Kier alpha value is -2.09. The van der Waals surface area contributed by atoms with Gasteiger partial charge in [0, 0.05) is 12.1 Å². The summed E-state index contributed by atoms with van der Waals surface area (Å²) in [7, 11) is 0. The molecule has 1 aromatic carbocycles. The third-order valence-electron chi connectivity index (χ3n) is 2.56. The highest BCUT2D eigenvalue weighted by molar-refractivity contribution is 5.49. The average molecular weight is 210 g/mol. The van der Waals surface area contributed by atoms with Crippen LogP contribution in [0.3, 0.4) is 0 Å². The lowest BCUT2D eigenvalue weighted by Crippen LogP contribution is -2.04. The molecule has 1 atom stereocenters. The molecule has 1 aromatic heterocycles. The average Bonchev–Trinajstić information content (AvgIpc) is 2.34. The third kappa shape index (κ3) is 1.96. The summed E-state index contributed by atoms with van der Waals surface area (Å²) in [5.41, 5.74) is 8.65. The molecular weight excluding hydrogens is 196 g/mol. The molecule has 0 bridgehead atoms. The van der Waals surface area contributed by atoms with Gasteiger partial charge in [-0.2, -0.15) is 0 Å². The highest BCUT2D eigenvalue weighted by Gasteiger charge is 2.13. The van der Waals surface area contributed by atoms with Gasteiger partial charge in [-0.15, -0.1) is 6.58 Å². The van der Waals surface area contributed by atoms with Gasteiger partial charge in [-0.05, 0) is 17.7 Å². The van der Waals surface area contributed by atoms with Gasteiger partial charge >= 0.3 is 0 Å². The van der Waals surface area contributed by atoms with E-state index in [4.69, 9.17) is 5.73 Å². The molecule has 0 saturated carbocycles. The molecule has 0 fully saturated rings. The third-order valence-corrected chi connectivity index (χ3v) is 2.56. The number of nitrogens with two attached hydrogens (primary N) is 1. The molecule has 2 rings (SSSR count). The Labute approximate surface area is 95.5 Å². The summed E-state index contributed by atoms with van der Waals surface area (Å²) in [6, 6.07) is 13.8. The minimum absolute atomic E-state index is 0.0578. The molecule has 0 saturated heterocycles. The van der Waals surface area contributed by atoms with Crippen molar-refractivity contribution in [2.45, 2.75) is 5.92 Å². The van der Waals surface area contributed by atoms with Gasteiger partial charge in [0.15, 0.2) is 0 Å². The molecular formula is C14H14N2. The second kappa shape index (κ2) is 4.62. The van der Waals surface area contributed by atoms with Crippen LogP contribution in [0.2, 0.25) is 0 Å². The van der Waals surface area contributed by atoms with E-state index in [0.717, 1.165) is 11.3 Å². The van der Waals surface area contributed by atoms with Crippen LogP contribution in [0.4, 0.5) is 5.69 Å². The zero-order chi connectivity index (χ0) is 11.4. The fourth-order valence-electron chi connectivity index (χ4n) is 1.76. The first kappa shape index (κ1) is 10.4. The second-order valence-corrected chi connectivity index (χ2v) is 3.60. The molecule has 0 aliphatic heterocycles. The zero-order valence-corrected chi connectivity index (χ0v) is 9.01.